The number of fused-ring (bicyclic) bond motifs is 2. The van der Waals surface area contributed by atoms with Crippen molar-refractivity contribution < 1.29 is 28.9 Å². The first kappa shape index (κ1) is 22.8. The molecule has 0 radical (unpaired) electrons. The Hall–Kier alpha value is -3.40. The number of aromatic nitrogens is 2. The van der Waals surface area contributed by atoms with Crippen LogP contribution < -0.4 is 5.56 Å². The van der Waals surface area contributed by atoms with Crippen LogP contribution in [0, 0.1) is 0 Å². The van der Waals surface area contributed by atoms with E-state index in [9.17, 15) is 19.5 Å². The molecule has 10 heteroatoms. The third-order valence-corrected chi connectivity index (χ3v) is 6.11. The van der Waals surface area contributed by atoms with Gasteiger partial charge in [-0.1, -0.05) is 30.3 Å². The van der Waals surface area contributed by atoms with Crippen LogP contribution in [-0.2, 0) is 32.8 Å². The molecule has 2 aromatic rings. The van der Waals surface area contributed by atoms with Gasteiger partial charge in [-0.25, -0.2) is 14.6 Å². The number of aromatic hydroxyl groups is 1. The van der Waals surface area contributed by atoms with Crippen molar-refractivity contribution in [1.29, 1.82) is 0 Å². The zero-order valence-corrected chi connectivity index (χ0v) is 18.5. The summed E-state index contributed by atoms with van der Waals surface area (Å²) in [6.45, 7) is 3.44. The smallest absolute Gasteiger partial charge is 0.410 e. The second kappa shape index (κ2) is 9.62. The predicted molar refractivity (Wildman–Crippen MR) is 116 cm³/mol. The second-order valence-electron chi connectivity index (χ2n) is 8.17. The molecule has 0 atom stereocenters. The van der Waals surface area contributed by atoms with Gasteiger partial charge in [0.05, 0.1) is 31.8 Å². The molecule has 0 bridgehead atoms. The molecule has 176 valence electrons. The number of rotatable bonds is 4. The minimum Gasteiger partial charge on any atom is -0.501 e. The monoisotopic (exact) mass is 457 g/mol. The van der Waals surface area contributed by atoms with Crippen LogP contribution in [0.1, 0.15) is 41.6 Å². The van der Waals surface area contributed by atoms with Gasteiger partial charge >= 0.3 is 12.1 Å². The fourth-order valence-corrected chi connectivity index (χ4v) is 4.28. The molecular formula is C23H27N3O7. The Morgan fingerprint density at radius 1 is 1.15 bits per heavy atom. The van der Waals surface area contributed by atoms with E-state index in [0.29, 0.717) is 38.4 Å². The number of piperidine rings is 1. The van der Waals surface area contributed by atoms with Gasteiger partial charge in [0.1, 0.15) is 12.4 Å². The Balaban J connectivity index is 1.54. The molecule has 1 saturated heterocycles. The summed E-state index contributed by atoms with van der Waals surface area (Å²) in [6.07, 6.45) is 0.520. The molecule has 0 aliphatic carbocycles. The van der Waals surface area contributed by atoms with E-state index in [1.165, 1.54) is 4.57 Å². The van der Waals surface area contributed by atoms with Crippen LogP contribution in [0.4, 0.5) is 4.79 Å². The molecule has 3 heterocycles. The Morgan fingerprint density at radius 3 is 2.58 bits per heavy atom. The molecule has 10 nitrogen and oxygen atoms in total. The molecule has 0 saturated carbocycles. The maximum atomic E-state index is 12.8. The van der Waals surface area contributed by atoms with Gasteiger partial charge in [0.15, 0.2) is 5.69 Å². The lowest BCUT2D eigenvalue weighted by molar-refractivity contribution is 0.0407. The largest absolute Gasteiger partial charge is 0.501 e. The molecule has 4 rings (SSSR count). The van der Waals surface area contributed by atoms with Crippen molar-refractivity contribution in [3.8, 4) is 5.75 Å². The van der Waals surface area contributed by atoms with Crippen LogP contribution in [0.3, 0.4) is 0 Å². The van der Waals surface area contributed by atoms with Crippen LogP contribution >= 0.6 is 0 Å². The molecule has 1 amide bonds. The van der Waals surface area contributed by atoms with E-state index >= 15 is 0 Å². The topological polar surface area (TPSA) is 120 Å². The minimum atomic E-state index is -0.849. The number of benzene rings is 1. The maximum absolute atomic E-state index is 12.8. The summed E-state index contributed by atoms with van der Waals surface area (Å²) in [5, 5.41) is 10.3. The number of ether oxygens (including phenoxy) is 3. The number of hydrogen-bond donors (Lipinski definition) is 1. The van der Waals surface area contributed by atoms with Gasteiger partial charge in [-0.3, -0.25) is 9.36 Å². The zero-order chi connectivity index (χ0) is 23.4. The predicted octanol–water partition coefficient (Wildman–Crippen LogP) is 1.83. The fourth-order valence-electron chi connectivity index (χ4n) is 4.28. The third kappa shape index (κ3) is 4.56. The van der Waals surface area contributed by atoms with Crippen molar-refractivity contribution >= 4 is 12.1 Å². The lowest BCUT2D eigenvalue weighted by atomic mass is 9.78. The average molecular weight is 457 g/mol. The van der Waals surface area contributed by atoms with Crippen molar-refractivity contribution in [3.05, 3.63) is 57.8 Å². The lowest BCUT2D eigenvalue weighted by Crippen LogP contribution is -2.49. The summed E-state index contributed by atoms with van der Waals surface area (Å²) in [4.78, 5) is 43.7. The highest BCUT2D eigenvalue weighted by Gasteiger charge is 2.44. The Bertz CT molecular complexity index is 1080. The van der Waals surface area contributed by atoms with E-state index in [4.69, 9.17) is 14.2 Å². The molecular weight excluding hydrogens is 430 g/mol. The highest BCUT2D eigenvalue weighted by Crippen LogP contribution is 2.36. The first-order valence-electron chi connectivity index (χ1n) is 11.0. The number of carbonyl (C=O) groups is 2. The van der Waals surface area contributed by atoms with E-state index in [1.54, 1.807) is 11.8 Å². The second-order valence-corrected chi connectivity index (χ2v) is 8.17. The number of nitrogens with zero attached hydrogens (tertiary/aromatic N) is 3. The van der Waals surface area contributed by atoms with Crippen LogP contribution in [0.2, 0.25) is 0 Å². The number of esters is 1. The minimum absolute atomic E-state index is 0.0900. The first-order valence-corrected chi connectivity index (χ1v) is 11.0. The molecule has 1 fully saturated rings. The van der Waals surface area contributed by atoms with Crippen LogP contribution in [0.15, 0.2) is 35.1 Å². The molecule has 2 aliphatic heterocycles. The summed E-state index contributed by atoms with van der Waals surface area (Å²) in [5.74, 6) is -1.20. The molecule has 1 aromatic carbocycles. The Labute approximate surface area is 190 Å². The molecule has 0 unspecified atom stereocenters. The van der Waals surface area contributed by atoms with Crippen LogP contribution in [0.25, 0.3) is 0 Å². The van der Waals surface area contributed by atoms with Gasteiger partial charge in [0, 0.05) is 13.1 Å². The van der Waals surface area contributed by atoms with E-state index in [1.807, 2.05) is 30.3 Å². The summed E-state index contributed by atoms with van der Waals surface area (Å²) in [5.41, 5.74) is -0.863. The molecule has 1 spiro atoms. The van der Waals surface area contributed by atoms with Crippen LogP contribution in [0.5, 0.6) is 5.75 Å². The summed E-state index contributed by atoms with van der Waals surface area (Å²) >= 11 is 0. The molecule has 1 N–H and O–H groups in total. The van der Waals surface area contributed by atoms with Gasteiger partial charge in [-0.2, -0.15) is 0 Å². The highest BCUT2D eigenvalue weighted by molar-refractivity contribution is 5.90. The van der Waals surface area contributed by atoms with E-state index in [-0.39, 0.29) is 32.1 Å². The van der Waals surface area contributed by atoms with Crippen molar-refractivity contribution in [3.63, 3.8) is 0 Å². The average Bonchev–Trinajstić information content (AvgIpc) is 3.00. The van der Waals surface area contributed by atoms with Gasteiger partial charge in [0.2, 0.25) is 5.75 Å². The highest BCUT2D eigenvalue weighted by atomic mass is 16.6. The van der Waals surface area contributed by atoms with Gasteiger partial charge in [-0.15, -0.1) is 0 Å². The summed E-state index contributed by atoms with van der Waals surface area (Å²) < 4.78 is 17.6. The molecule has 2 aliphatic rings. The van der Waals surface area contributed by atoms with Gasteiger partial charge in [0.25, 0.3) is 5.56 Å². The van der Waals surface area contributed by atoms with Crippen molar-refractivity contribution in [1.82, 2.24) is 14.5 Å². The van der Waals surface area contributed by atoms with Crippen molar-refractivity contribution in [2.75, 3.05) is 32.9 Å². The van der Waals surface area contributed by atoms with E-state index in [2.05, 4.69) is 4.98 Å². The summed E-state index contributed by atoms with van der Waals surface area (Å²) in [6, 6.07) is 9.44. The van der Waals surface area contributed by atoms with Crippen molar-refractivity contribution in [2.45, 2.75) is 38.3 Å². The lowest BCUT2D eigenvalue weighted by Gasteiger charge is -2.40. The third-order valence-electron chi connectivity index (χ3n) is 6.11. The molecule has 33 heavy (non-hydrogen) atoms. The fraction of sp³-hybridized carbons (Fsp3) is 0.478. The molecule has 1 aromatic heterocycles. The maximum Gasteiger partial charge on any atom is 0.410 e. The quantitative estimate of drug-likeness (QED) is 0.691. The Kier molecular flexibility index (Phi) is 6.64. The summed E-state index contributed by atoms with van der Waals surface area (Å²) in [7, 11) is 0. The zero-order valence-electron chi connectivity index (χ0n) is 18.5. The standard InChI is InChI=1S/C23H27N3O7/c1-2-32-20(29)17-18(27)19(28)26-12-13-31-15-23(21(26)24-17)8-10-25(11-9-23)22(30)33-14-16-6-4-3-5-7-16/h3-7,27H,2,8-15H2,1H3. The van der Waals surface area contributed by atoms with Crippen LogP contribution in [-0.4, -0.2) is 64.5 Å². The van der Waals surface area contributed by atoms with Gasteiger partial charge in [-0.05, 0) is 25.3 Å². The van der Waals surface area contributed by atoms with E-state index < -0.39 is 28.8 Å². The normalized spacial score (nSPS) is 17.2. The number of likely N-dealkylation sites (tertiary alicyclic amines) is 1. The number of hydrogen-bond acceptors (Lipinski definition) is 8. The Morgan fingerprint density at radius 2 is 1.88 bits per heavy atom. The SMILES string of the molecule is CCOC(=O)c1nc2n(c(=O)c1O)CCOCC21CCN(C(=O)OCc2ccccc2)CC1. The number of carbonyl (C=O) groups excluding carboxylic acids is 2. The number of amides is 1. The van der Waals surface area contributed by atoms with Crippen molar-refractivity contribution in [2.24, 2.45) is 0 Å². The first-order chi connectivity index (χ1) is 15.9. The van der Waals surface area contributed by atoms with E-state index in [0.717, 1.165) is 5.56 Å². The van der Waals surface area contributed by atoms with Gasteiger partial charge < -0.3 is 24.2 Å².